The van der Waals surface area contributed by atoms with Crippen LogP contribution in [0.2, 0.25) is 0 Å². The van der Waals surface area contributed by atoms with Gasteiger partial charge in [-0.2, -0.15) is 0 Å². The van der Waals surface area contributed by atoms with Gasteiger partial charge in [-0.05, 0) is 18.2 Å². The Morgan fingerprint density at radius 1 is 1.00 bits per heavy atom. The summed E-state index contributed by atoms with van der Waals surface area (Å²) >= 11 is 0. The lowest BCUT2D eigenvalue weighted by atomic mass is 10.2. The third kappa shape index (κ3) is 2.51. The number of nitrogens with two attached hydrogens (primary N) is 1. The average Bonchev–Trinajstić information content (AvgIpc) is 2.32. The van der Waals surface area contributed by atoms with Crippen molar-refractivity contribution in [3.05, 3.63) is 59.9 Å². The fourth-order valence-electron chi connectivity index (χ4n) is 1.66. The molecule has 0 aliphatic rings. The first-order chi connectivity index (χ1) is 8.50. The molecule has 2 aromatic rings. The number of hydrogen-bond donors (Lipinski definition) is 1. The highest BCUT2D eigenvalue weighted by Crippen LogP contribution is 2.22. The third-order valence-corrected chi connectivity index (χ3v) is 4.29. The molecule has 94 valence electrons. The monoisotopic (exact) mass is 265 g/mol. The van der Waals surface area contributed by atoms with E-state index in [1.807, 2.05) is 0 Å². The van der Waals surface area contributed by atoms with Crippen LogP contribution >= 0.6 is 0 Å². The maximum atomic E-state index is 13.4. The molecule has 18 heavy (non-hydrogen) atoms. The number of sulfone groups is 1. The zero-order valence-electron chi connectivity index (χ0n) is 9.51. The maximum absolute atomic E-state index is 13.4. The minimum atomic E-state index is -3.63. The third-order valence-electron chi connectivity index (χ3n) is 2.56. The first-order valence-corrected chi connectivity index (χ1v) is 6.96. The van der Waals surface area contributed by atoms with Gasteiger partial charge in [0, 0.05) is 5.56 Å². The van der Waals surface area contributed by atoms with Gasteiger partial charge in [0.1, 0.15) is 5.82 Å². The second kappa shape index (κ2) is 4.78. The molecule has 0 aliphatic carbocycles. The van der Waals surface area contributed by atoms with E-state index in [0.29, 0.717) is 0 Å². The predicted molar refractivity (Wildman–Crippen MR) is 68.1 cm³/mol. The molecule has 0 saturated heterocycles. The minimum Gasteiger partial charge on any atom is -0.398 e. The molecule has 0 spiro atoms. The molecule has 0 fully saturated rings. The van der Waals surface area contributed by atoms with Crippen LogP contribution in [0.25, 0.3) is 0 Å². The summed E-state index contributed by atoms with van der Waals surface area (Å²) in [6, 6.07) is 12.0. The van der Waals surface area contributed by atoms with Gasteiger partial charge in [-0.3, -0.25) is 0 Å². The maximum Gasteiger partial charge on any atom is 0.184 e. The van der Waals surface area contributed by atoms with Gasteiger partial charge in [-0.1, -0.05) is 30.3 Å². The Morgan fingerprint density at radius 3 is 2.28 bits per heavy atom. The van der Waals surface area contributed by atoms with Gasteiger partial charge in [-0.15, -0.1) is 0 Å². The van der Waals surface area contributed by atoms with E-state index in [1.165, 1.54) is 30.3 Å². The highest BCUT2D eigenvalue weighted by atomic mass is 32.2. The summed E-state index contributed by atoms with van der Waals surface area (Å²) in [7, 11) is -3.63. The van der Waals surface area contributed by atoms with Gasteiger partial charge in [0.15, 0.2) is 9.84 Å². The highest BCUT2D eigenvalue weighted by molar-refractivity contribution is 7.90. The van der Waals surface area contributed by atoms with Crippen LogP contribution < -0.4 is 5.73 Å². The van der Waals surface area contributed by atoms with Crippen molar-refractivity contribution in [1.82, 2.24) is 0 Å². The summed E-state index contributed by atoms with van der Waals surface area (Å²) in [5, 5.41) is 0. The summed E-state index contributed by atoms with van der Waals surface area (Å²) in [5.41, 5.74) is 5.94. The van der Waals surface area contributed by atoms with Crippen molar-refractivity contribution in [3.8, 4) is 0 Å². The Kier molecular flexibility index (Phi) is 3.34. The summed E-state index contributed by atoms with van der Waals surface area (Å²) in [5.74, 6) is -0.927. The number of rotatable bonds is 3. The molecule has 0 aromatic heterocycles. The summed E-state index contributed by atoms with van der Waals surface area (Å²) in [6.45, 7) is 0. The van der Waals surface area contributed by atoms with E-state index in [0.717, 1.165) is 0 Å². The fraction of sp³-hybridized carbons (Fsp3) is 0.0769. The molecule has 0 heterocycles. The van der Waals surface area contributed by atoms with Crippen LogP contribution in [0.3, 0.4) is 0 Å². The molecule has 3 nitrogen and oxygen atoms in total. The van der Waals surface area contributed by atoms with Crippen LogP contribution in [-0.4, -0.2) is 8.42 Å². The summed E-state index contributed by atoms with van der Waals surface area (Å²) in [4.78, 5) is 0.0354. The molecular weight excluding hydrogens is 253 g/mol. The van der Waals surface area contributed by atoms with Crippen LogP contribution in [0.4, 0.5) is 10.1 Å². The number of halogens is 1. The lowest BCUT2D eigenvalue weighted by Gasteiger charge is -2.07. The summed E-state index contributed by atoms with van der Waals surface area (Å²) < 4.78 is 37.7. The van der Waals surface area contributed by atoms with Gasteiger partial charge in [-0.25, -0.2) is 12.8 Å². The standard InChI is InChI=1S/C13H12FNO2S/c14-11-6-2-1-5-10(11)9-18(16,17)13-8-4-3-7-12(13)15/h1-8H,9,15H2. The second-order valence-corrected chi connectivity index (χ2v) is 5.85. The molecule has 0 saturated carbocycles. The van der Waals surface area contributed by atoms with Crippen molar-refractivity contribution in [2.45, 2.75) is 10.6 Å². The van der Waals surface area contributed by atoms with Crippen molar-refractivity contribution in [2.75, 3.05) is 5.73 Å². The topological polar surface area (TPSA) is 60.2 Å². The zero-order chi connectivity index (χ0) is 13.2. The van der Waals surface area contributed by atoms with E-state index in [9.17, 15) is 12.8 Å². The van der Waals surface area contributed by atoms with E-state index in [2.05, 4.69) is 0 Å². The van der Waals surface area contributed by atoms with Crippen LogP contribution in [0.15, 0.2) is 53.4 Å². The van der Waals surface area contributed by atoms with E-state index in [4.69, 9.17) is 5.73 Å². The average molecular weight is 265 g/mol. The quantitative estimate of drug-likeness (QED) is 0.867. The van der Waals surface area contributed by atoms with Crippen LogP contribution in [0.1, 0.15) is 5.56 Å². The number of nitrogen functional groups attached to an aromatic ring is 1. The number of anilines is 1. The van der Waals surface area contributed by atoms with Crippen LogP contribution in [0.5, 0.6) is 0 Å². The van der Waals surface area contributed by atoms with E-state index in [1.54, 1.807) is 18.2 Å². The molecule has 0 aliphatic heterocycles. The largest absolute Gasteiger partial charge is 0.398 e. The molecule has 0 unspecified atom stereocenters. The lowest BCUT2D eigenvalue weighted by molar-refractivity contribution is 0.587. The van der Waals surface area contributed by atoms with Crippen molar-refractivity contribution >= 4 is 15.5 Å². The first-order valence-electron chi connectivity index (χ1n) is 5.31. The van der Waals surface area contributed by atoms with Crippen molar-refractivity contribution in [2.24, 2.45) is 0 Å². The van der Waals surface area contributed by atoms with Crippen LogP contribution in [0, 0.1) is 5.82 Å². The van der Waals surface area contributed by atoms with E-state index < -0.39 is 21.4 Å². The molecule has 2 aromatic carbocycles. The normalized spacial score (nSPS) is 11.4. The molecule has 2 rings (SSSR count). The SMILES string of the molecule is Nc1ccccc1S(=O)(=O)Cc1ccccc1F. The number of benzene rings is 2. The molecule has 0 amide bonds. The van der Waals surface area contributed by atoms with Gasteiger partial charge in [0.25, 0.3) is 0 Å². The molecule has 5 heteroatoms. The van der Waals surface area contributed by atoms with Gasteiger partial charge >= 0.3 is 0 Å². The number of hydrogen-bond acceptors (Lipinski definition) is 3. The van der Waals surface area contributed by atoms with Crippen molar-refractivity contribution < 1.29 is 12.8 Å². The molecule has 0 bridgehead atoms. The fourth-order valence-corrected chi connectivity index (χ4v) is 3.17. The Morgan fingerprint density at radius 2 is 1.61 bits per heavy atom. The number of para-hydroxylation sites is 1. The van der Waals surface area contributed by atoms with E-state index >= 15 is 0 Å². The van der Waals surface area contributed by atoms with Crippen molar-refractivity contribution in [3.63, 3.8) is 0 Å². The molecule has 0 atom stereocenters. The summed E-state index contributed by atoms with van der Waals surface area (Å²) in [6.07, 6.45) is 0. The predicted octanol–water partition coefficient (Wildman–Crippen LogP) is 2.38. The first kappa shape index (κ1) is 12.6. The van der Waals surface area contributed by atoms with Gasteiger partial charge in [0.05, 0.1) is 16.3 Å². The van der Waals surface area contributed by atoms with Gasteiger partial charge in [0.2, 0.25) is 0 Å². The zero-order valence-corrected chi connectivity index (χ0v) is 10.3. The molecule has 0 radical (unpaired) electrons. The van der Waals surface area contributed by atoms with E-state index in [-0.39, 0.29) is 16.1 Å². The Bertz CT molecular complexity index is 668. The van der Waals surface area contributed by atoms with Crippen LogP contribution in [-0.2, 0) is 15.6 Å². The lowest BCUT2D eigenvalue weighted by Crippen LogP contribution is -2.08. The van der Waals surface area contributed by atoms with Gasteiger partial charge < -0.3 is 5.73 Å². The smallest absolute Gasteiger partial charge is 0.184 e. The highest BCUT2D eigenvalue weighted by Gasteiger charge is 2.19. The Hall–Kier alpha value is -1.88. The molecular formula is C13H12FNO2S. The minimum absolute atomic E-state index is 0.0354. The Labute approximate surface area is 105 Å². The molecule has 2 N–H and O–H groups in total. The second-order valence-electron chi connectivity index (χ2n) is 3.89. The Balaban J connectivity index is 2.40. The van der Waals surface area contributed by atoms with Crippen molar-refractivity contribution in [1.29, 1.82) is 0 Å².